The van der Waals surface area contributed by atoms with Gasteiger partial charge in [0.05, 0.1) is 6.54 Å². The number of carbonyl (C=O) groups is 2. The molecule has 0 bridgehead atoms. The number of para-hydroxylation sites is 1. The van der Waals surface area contributed by atoms with Gasteiger partial charge in [0.1, 0.15) is 0 Å². The molecule has 2 aliphatic heterocycles. The van der Waals surface area contributed by atoms with E-state index in [-0.39, 0.29) is 11.8 Å². The zero-order valence-electron chi connectivity index (χ0n) is 17.9. The second-order valence-electron chi connectivity index (χ2n) is 8.75. The molecule has 0 radical (unpaired) electrons. The molecule has 3 heterocycles. The van der Waals surface area contributed by atoms with Crippen LogP contribution in [0.4, 0.5) is 0 Å². The Hall–Kier alpha value is -2.34. The van der Waals surface area contributed by atoms with Crippen LogP contribution in [0.25, 0.3) is 10.9 Å². The molecule has 6 nitrogen and oxygen atoms in total. The summed E-state index contributed by atoms with van der Waals surface area (Å²) in [6.07, 6.45) is 9.38. The number of amides is 2. The van der Waals surface area contributed by atoms with Crippen molar-refractivity contribution in [1.29, 1.82) is 0 Å². The van der Waals surface area contributed by atoms with Crippen molar-refractivity contribution >= 4 is 22.7 Å². The fourth-order valence-electron chi connectivity index (χ4n) is 4.82. The summed E-state index contributed by atoms with van der Waals surface area (Å²) in [4.78, 5) is 32.7. The highest BCUT2D eigenvalue weighted by Crippen LogP contribution is 2.22. The molecule has 2 saturated heterocycles. The number of H-pyrrole nitrogens is 1. The average Bonchev–Trinajstić information content (AvgIpc) is 2.98. The molecule has 30 heavy (non-hydrogen) atoms. The highest BCUT2D eigenvalue weighted by Gasteiger charge is 2.29. The van der Waals surface area contributed by atoms with E-state index < -0.39 is 0 Å². The molecule has 0 atom stereocenters. The molecular formula is C24H34N4O2. The minimum Gasteiger partial charge on any atom is -0.361 e. The molecule has 1 aromatic heterocycles. The summed E-state index contributed by atoms with van der Waals surface area (Å²) in [5, 5.41) is 4.28. The first-order valence-corrected chi connectivity index (χ1v) is 11.5. The monoisotopic (exact) mass is 410 g/mol. The Balaban J connectivity index is 1.16. The summed E-state index contributed by atoms with van der Waals surface area (Å²) < 4.78 is 0. The Morgan fingerprint density at radius 1 is 1.00 bits per heavy atom. The number of hydrogen-bond acceptors (Lipinski definition) is 3. The predicted molar refractivity (Wildman–Crippen MR) is 119 cm³/mol. The Morgan fingerprint density at radius 3 is 2.50 bits per heavy atom. The summed E-state index contributed by atoms with van der Waals surface area (Å²) in [6, 6.07) is 8.24. The third-order valence-electron chi connectivity index (χ3n) is 6.61. The van der Waals surface area contributed by atoms with Crippen molar-refractivity contribution in [3.63, 3.8) is 0 Å². The van der Waals surface area contributed by atoms with Crippen LogP contribution in [-0.4, -0.2) is 65.9 Å². The minimum atomic E-state index is 0.0761. The van der Waals surface area contributed by atoms with E-state index in [1.807, 2.05) is 18.3 Å². The number of hydrogen-bond donors (Lipinski definition) is 2. The molecule has 2 aliphatic rings. The van der Waals surface area contributed by atoms with Gasteiger partial charge in [-0.15, -0.1) is 0 Å². The molecule has 0 spiro atoms. The normalized spacial score (nSPS) is 19.0. The quantitative estimate of drug-likeness (QED) is 0.769. The first-order valence-electron chi connectivity index (χ1n) is 11.5. The van der Waals surface area contributed by atoms with Gasteiger partial charge in [-0.1, -0.05) is 31.0 Å². The molecule has 2 amide bonds. The first-order chi connectivity index (χ1) is 14.7. The molecular weight excluding hydrogens is 376 g/mol. The molecule has 2 N–H and O–H groups in total. The van der Waals surface area contributed by atoms with Crippen molar-refractivity contribution in [1.82, 2.24) is 20.1 Å². The summed E-state index contributed by atoms with van der Waals surface area (Å²) >= 11 is 0. The van der Waals surface area contributed by atoms with Gasteiger partial charge in [0.15, 0.2) is 0 Å². The molecule has 2 aromatic rings. The van der Waals surface area contributed by atoms with Gasteiger partial charge in [0.2, 0.25) is 11.8 Å². The molecule has 2 fully saturated rings. The van der Waals surface area contributed by atoms with Gasteiger partial charge < -0.3 is 15.2 Å². The van der Waals surface area contributed by atoms with Crippen LogP contribution in [0.2, 0.25) is 0 Å². The third-order valence-corrected chi connectivity index (χ3v) is 6.61. The lowest BCUT2D eigenvalue weighted by atomic mass is 9.95. The molecule has 6 heteroatoms. The van der Waals surface area contributed by atoms with Crippen LogP contribution in [0.1, 0.15) is 44.1 Å². The van der Waals surface area contributed by atoms with Gasteiger partial charge in [-0.05, 0) is 56.8 Å². The van der Waals surface area contributed by atoms with Crippen molar-refractivity contribution in [2.24, 2.45) is 5.92 Å². The van der Waals surface area contributed by atoms with Gasteiger partial charge in [0, 0.05) is 42.7 Å². The van der Waals surface area contributed by atoms with Crippen molar-refractivity contribution in [2.75, 3.05) is 39.3 Å². The van der Waals surface area contributed by atoms with Gasteiger partial charge in [-0.25, -0.2) is 0 Å². The van der Waals surface area contributed by atoms with Crippen LogP contribution < -0.4 is 5.32 Å². The van der Waals surface area contributed by atoms with E-state index in [0.29, 0.717) is 19.0 Å². The number of piperidine rings is 1. The van der Waals surface area contributed by atoms with Gasteiger partial charge in [-0.2, -0.15) is 0 Å². The zero-order chi connectivity index (χ0) is 20.8. The highest BCUT2D eigenvalue weighted by molar-refractivity contribution is 5.83. The maximum absolute atomic E-state index is 12.8. The number of nitrogens with zero attached hydrogens (tertiary/aromatic N) is 2. The standard InChI is InChI=1S/C24H34N4O2/c29-23(25-12-9-20-17-26-22-8-4-3-7-21(20)22)18-27-15-10-19(11-16-27)24(30)28-13-5-1-2-6-14-28/h3-4,7-8,17,19,26H,1-2,5-6,9-16,18H2,(H,25,29). The largest absolute Gasteiger partial charge is 0.361 e. The zero-order valence-corrected chi connectivity index (χ0v) is 17.9. The van der Waals surface area contributed by atoms with Crippen molar-refractivity contribution in [2.45, 2.75) is 44.9 Å². The Kier molecular flexibility index (Phi) is 7.05. The van der Waals surface area contributed by atoms with E-state index in [9.17, 15) is 9.59 Å². The lowest BCUT2D eigenvalue weighted by molar-refractivity contribution is -0.137. The minimum absolute atomic E-state index is 0.0761. The maximum Gasteiger partial charge on any atom is 0.234 e. The SMILES string of the molecule is O=C(CN1CCC(C(=O)N2CCCCCC2)CC1)NCCc1c[nH]c2ccccc12. The number of aromatic nitrogens is 1. The maximum atomic E-state index is 12.8. The summed E-state index contributed by atoms with van der Waals surface area (Å²) in [5.41, 5.74) is 2.37. The topological polar surface area (TPSA) is 68.4 Å². The van der Waals surface area contributed by atoms with Crippen LogP contribution in [0, 0.1) is 5.92 Å². The van der Waals surface area contributed by atoms with Gasteiger partial charge >= 0.3 is 0 Å². The second-order valence-corrected chi connectivity index (χ2v) is 8.75. The van der Waals surface area contributed by atoms with Crippen molar-refractivity contribution in [3.8, 4) is 0 Å². The number of fused-ring (bicyclic) bond motifs is 1. The first kappa shape index (κ1) is 20.9. The molecule has 0 unspecified atom stereocenters. The molecule has 162 valence electrons. The molecule has 0 aliphatic carbocycles. The van der Waals surface area contributed by atoms with E-state index in [0.717, 1.165) is 63.8 Å². The van der Waals surface area contributed by atoms with Crippen LogP contribution in [-0.2, 0) is 16.0 Å². The number of carbonyl (C=O) groups excluding carboxylic acids is 2. The van der Waals surface area contributed by atoms with Crippen LogP contribution in [0.15, 0.2) is 30.5 Å². The van der Waals surface area contributed by atoms with Crippen molar-refractivity contribution in [3.05, 3.63) is 36.0 Å². The fourth-order valence-corrected chi connectivity index (χ4v) is 4.82. The van der Waals surface area contributed by atoms with E-state index in [2.05, 4.69) is 32.2 Å². The second kappa shape index (κ2) is 10.1. The Bertz CT molecular complexity index is 846. The Labute approximate surface area is 179 Å². The fraction of sp³-hybridized carbons (Fsp3) is 0.583. The number of likely N-dealkylation sites (tertiary alicyclic amines) is 2. The Morgan fingerprint density at radius 2 is 1.73 bits per heavy atom. The lowest BCUT2D eigenvalue weighted by Crippen LogP contribution is -2.45. The number of benzene rings is 1. The average molecular weight is 411 g/mol. The molecule has 1 aromatic carbocycles. The number of rotatable bonds is 6. The van der Waals surface area contributed by atoms with E-state index in [1.165, 1.54) is 23.8 Å². The summed E-state index contributed by atoms with van der Waals surface area (Å²) in [6.45, 7) is 4.60. The molecule has 0 saturated carbocycles. The van der Waals surface area contributed by atoms with Crippen LogP contribution in [0.3, 0.4) is 0 Å². The summed E-state index contributed by atoms with van der Waals surface area (Å²) in [5.74, 6) is 0.566. The van der Waals surface area contributed by atoms with E-state index >= 15 is 0 Å². The van der Waals surface area contributed by atoms with Crippen molar-refractivity contribution < 1.29 is 9.59 Å². The smallest absolute Gasteiger partial charge is 0.234 e. The van der Waals surface area contributed by atoms with E-state index in [1.54, 1.807) is 0 Å². The van der Waals surface area contributed by atoms with Gasteiger partial charge in [-0.3, -0.25) is 14.5 Å². The predicted octanol–water partition coefficient (Wildman–Crippen LogP) is 2.94. The number of aromatic amines is 1. The van der Waals surface area contributed by atoms with E-state index in [4.69, 9.17) is 0 Å². The lowest BCUT2D eigenvalue weighted by Gasteiger charge is -2.33. The molecule has 4 rings (SSSR count). The van der Waals surface area contributed by atoms with Crippen LogP contribution in [0.5, 0.6) is 0 Å². The third kappa shape index (κ3) is 5.22. The van der Waals surface area contributed by atoms with Crippen LogP contribution >= 0.6 is 0 Å². The van der Waals surface area contributed by atoms with Gasteiger partial charge in [0.25, 0.3) is 0 Å². The summed E-state index contributed by atoms with van der Waals surface area (Å²) in [7, 11) is 0. The highest BCUT2D eigenvalue weighted by atomic mass is 16.2. The number of nitrogens with one attached hydrogen (secondary N) is 2.